The number of carbonyl (C=O) groups is 2. The highest BCUT2D eigenvalue weighted by molar-refractivity contribution is 6.22. The van der Waals surface area contributed by atoms with Gasteiger partial charge in [0, 0.05) is 30.1 Å². The zero-order chi connectivity index (χ0) is 14.7. The summed E-state index contributed by atoms with van der Waals surface area (Å²) in [6.45, 7) is 0. The molecule has 1 aromatic rings. The van der Waals surface area contributed by atoms with E-state index in [0.29, 0.717) is 5.57 Å². The highest BCUT2D eigenvalue weighted by atomic mass is 16.5. The summed E-state index contributed by atoms with van der Waals surface area (Å²) in [5.74, 6) is -1.42. The molecule has 5 nitrogen and oxygen atoms in total. The summed E-state index contributed by atoms with van der Waals surface area (Å²) >= 11 is 0. The van der Waals surface area contributed by atoms with Gasteiger partial charge in [-0.15, -0.1) is 0 Å². The normalized spacial score (nSPS) is 12.8. The molecule has 0 unspecified atom stereocenters. The van der Waals surface area contributed by atoms with Crippen LogP contribution in [0.2, 0.25) is 0 Å². The van der Waals surface area contributed by atoms with Gasteiger partial charge in [-0.25, -0.2) is 9.59 Å². The van der Waals surface area contributed by atoms with E-state index in [1.165, 1.54) is 14.2 Å². The van der Waals surface area contributed by atoms with Crippen LogP contribution in [0.4, 0.5) is 5.69 Å². The van der Waals surface area contributed by atoms with E-state index < -0.39 is 11.9 Å². The number of allylic oxidation sites excluding steroid dienone is 2. The van der Waals surface area contributed by atoms with Crippen molar-refractivity contribution in [3.8, 4) is 0 Å². The van der Waals surface area contributed by atoms with Gasteiger partial charge in [0.25, 0.3) is 0 Å². The molecule has 1 aliphatic rings. The highest BCUT2D eigenvalue weighted by Crippen LogP contribution is 2.34. The minimum atomic E-state index is -0.712. The maximum absolute atomic E-state index is 11.9. The summed E-state index contributed by atoms with van der Waals surface area (Å²) in [6, 6.07) is 7.49. The van der Waals surface area contributed by atoms with Gasteiger partial charge in [-0.05, 0) is 12.1 Å². The second-order valence-corrected chi connectivity index (χ2v) is 4.22. The van der Waals surface area contributed by atoms with Gasteiger partial charge in [0.05, 0.1) is 14.2 Å². The van der Waals surface area contributed by atoms with E-state index in [0.717, 1.165) is 11.3 Å². The Morgan fingerprint density at radius 1 is 1.05 bits per heavy atom. The lowest BCUT2D eigenvalue weighted by Crippen LogP contribution is -2.20. The largest absolute Gasteiger partial charge is 0.465 e. The molecular weight excluding hydrogens is 258 g/mol. The van der Waals surface area contributed by atoms with Crippen LogP contribution in [-0.4, -0.2) is 33.2 Å². The Morgan fingerprint density at radius 3 is 2.25 bits per heavy atom. The van der Waals surface area contributed by atoms with Gasteiger partial charge in [-0.1, -0.05) is 18.2 Å². The number of para-hydroxylation sites is 1. The minimum Gasteiger partial charge on any atom is -0.465 e. The van der Waals surface area contributed by atoms with Crippen LogP contribution in [0.1, 0.15) is 5.56 Å². The number of rotatable bonds is 2. The third-order valence-corrected chi connectivity index (χ3v) is 3.09. The molecule has 0 amide bonds. The second-order valence-electron chi connectivity index (χ2n) is 4.22. The molecule has 0 atom stereocenters. The molecule has 2 rings (SSSR count). The quantitative estimate of drug-likeness (QED) is 0.355. The Labute approximate surface area is 117 Å². The number of benzene rings is 1. The summed E-state index contributed by atoms with van der Waals surface area (Å²) in [4.78, 5) is 25.7. The summed E-state index contributed by atoms with van der Waals surface area (Å²) in [6.07, 6.45) is 3.48. The lowest BCUT2D eigenvalue weighted by molar-refractivity contribution is -0.143. The van der Waals surface area contributed by atoms with Gasteiger partial charge >= 0.3 is 11.9 Å². The molecule has 0 aromatic heterocycles. The average molecular weight is 273 g/mol. The molecule has 0 spiro atoms. The minimum absolute atomic E-state index is 0.105. The van der Waals surface area contributed by atoms with Gasteiger partial charge in [0.1, 0.15) is 0 Å². The molecule has 0 saturated carbocycles. The van der Waals surface area contributed by atoms with Crippen LogP contribution in [0.25, 0.3) is 5.57 Å². The topological polar surface area (TPSA) is 55.8 Å². The lowest BCUT2D eigenvalue weighted by atomic mass is 9.95. The van der Waals surface area contributed by atoms with Crippen molar-refractivity contribution in [3.05, 3.63) is 47.7 Å². The SMILES string of the molecule is COC(=O)C(C(=O)OC)=C1C=CN(C)c2ccccc21. The molecule has 1 aliphatic heterocycles. The molecule has 104 valence electrons. The van der Waals surface area contributed by atoms with Crippen LogP contribution in [0, 0.1) is 0 Å². The lowest BCUT2D eigenvalue weighted by Gasteiger charge is -2.24. The zero-order valence-corrected chi connectivity index (χ0v) is 11.5. The molecule has 1 heterocycles. The van der Waals surface area contributed by atoms with Crippen LogP contribution in [0.5, 0.6) is 0 Å². The predicted octanol–water partition coefficient (Wildman–Crippen LogP) is 1.75. The average Bonchev–Trinajstić information content (AvgIpc) is 2.49. The molecule has 0 aliphatic carbocycles. The molecule has 0 saturated heterocycles. The number of fused-ring (bicyclic) bond motifs is 1. The first-order chi connectivity index (χ1) is 9.60. The van der Waals surface area contributed by atoms with Gasteiger partial charge in [0.2, 0.25) is 0 Å². The first kappa shape index (κ1) is 13.9. The van der Waals surface area contributed by atoms with Crippen molar-refractivity contribution in [3.63, 3.8) is 0 Å². The van der Waals surface area contributed by atoms with Crippen LogP contribution >= 0.6 is 0 Å². The summed E-state index contributed by atoms with van der Waals surface area (Å²) in [7, 11) is 4.36. The highest BCUT2D eigenvalue weighted by Gasteiger charge is 2.27. The van der Waals surface area contributed by atoms with Crippen LogP contribution in [0.15, 0.2) is 42.1 Å². The number of ether oxygens (including phenoxy) is 2. The molecule has 1 aromatic carbocycles. The van der Waals surface area contributed by atoms with E-state index in [9.17, 15) is 9.59 Å². The van der Waals surface area contributed by atoms with E-state index >= 15 is 0 Å². The molecule has 0 radical (unpaired) electrons. The van der Waals surface area contributed by atoms with Crippen molar-refractivity contribution in [1.82, 2.24) is 0 Å². The van der Waals surface area contributed by atoms with Crippen molar-refractivity contribution in [2.45, 2.75) is 0 Å². The Morgan fingerprint density at radius 2 is 1.65 bits per heavy atom. The number of nitrogens with zero attached hydrogens (tertiary/aromatic N) is 1. The van der Waals surface area contributed by atoms with Crippen LogP contribution < -0.4 is 4.90 Å². The first-order valence-electron chi connectivity index (χ1n) is 6.01. The molecule has 0 fully saturated rings. The fourth-order valence-corrected chi connectivity index (χ4v) is 2.09. The van der Waals surface area contributed by atoms with Gasteiger partial charge in [0.15, 0.2) is 5.57 Å². The van der Waals surface area contributed by atoms with Crippen molar-refractivity contribution in [1.29, 1.82) is 0 Å². The molecule has 20 heavy (non-hydrogen) atoms. The third kappa shape index (κ3) is 2.30. The predicted molar refractivity (Wildman–Crippen MR) is 74.9 cm³/mol. The summed E-state index contributed by atoms with van der Waals surface area (Å²) < 4.78 is 9.37. The monoisotopic (exact) mass is 273 g/mol. The Hall–Kier alpha value is -2.56. The number of hydrogen-bond donors (Lipinski definition) is 0. The first-order valence-corrected chi connectivity index (χ1v) is 6.01. The number of carbonyl (C=O) groups excluding carboxylic acids is 2. The van der Waals surface area contributed by atoms with Gasteiger partial charge in [-0.3, -0.25) is 0 Å². The molecule has 0 bridgehead atoms. The smallest absolute Gasteiger partial charge is 0.345 e. The summed E-state index contributed by atoms with van der Waals surface area (Å²) in [5, 5.41) is 0. The van der Waals surface area contributed by atoms with Crippen LogP contribution in [-0.2, 0) is 19.1 Å². The van der Waals surface area contributed by atoms with Crippen molar-refractivity contribution in [2.24, 2.45) is 0 Å². The van der Waals surface area contributed by atoms with E-state index in [1.807, 2.05) is 36.2 Å². The number of esters is 2. The van der Waals surface area contributed by atoms with Gasteiger partial charge < -0.3 is 14.4 Å². The molecule has 0 N–H and O–H groups in total. The Balaban J connectivity index is 2.69. The van der Waals surface area contributed by atoms with Crippen molar-refractivity contribution in [2.75, 3.05) is 26.2 Å². The molecule has 5 heteroatoms. The fourth-order valence-electron chi connectivity index (χ4n) is 2.09. The number of anilines is 1. The fraction of sp³-hybridized carbons (Fsp3) is 0.200. The Kier molecular flexibility index (Phi) is 3.89. The number of hydrogen-bond acceptors (Lipinski definition) is 5. The van der Waals surface area contributed by atoms with E-state index in [1.54, 1.807) is 12.3 Å². The van der Waals surface area contributed by atoms with Crippen molar-refractivity contribution < 1.29 is 19.1 Å². The third-order valence-electron chi connectivity index (χ3n) is 3.09. The maximum Gasteiger partial charge on any atom is 0.345 e. The second kappa shape index (κ2) is 5.61. The van der Waals surface area contributed by atoms with Gasteiger partial charge in [-0.2, -0.15) is 0 Å². The van der Waals surface area contributed by atoms with E-state index in [-0.39, 0.29) is 5.57 Å². The zero-order valence-electron chi connectivity index (χ0n) is 11.5. The standard InChI is InChI=1S/C15H15NO4/c1-16-9-8-11(10-6-4-5-7-12(10)16)13(14(17)19-2)15(18)20-3/h4-9H,1-3H3. The number of methoxy groups -OCH3 is 2. The van der Waals surface area contributed by atoms with Crippen molar-refractivity contribution >= 4 is 23.2 Å². The van der Waals surface area contributed by atoms with E-state index in [2.05, 4.69) is 9.47 Å². The Bertz CT molecular complexity index is 598. The summed E-state index contributed by atoms with van der Waals surface area (Å²) in [5.41, 5.74) is 2.07. The van der Waals surface area contributed by atoms with E-state index in [4.69, 9.17) is 0 Å². The maximum atomic E-state index is 11.9. The van der Waals surface area contributed by atoms with Crippen LogP contribution in [0.3, 0.4) is 0 Å². The molecular formula is C15H15NO4.